The molecule has 2 aromatic rings. The molecule has 1 N–H and O–H groups in total. The number of benzene rings is 2. The standard InChI is InChI=1S/C20H24BrNO4/c1-3-4-11-26-19-10-5-15(21)14-18(19)20(23)22-16-6-8-17(9-7-16)25-13-12-24-2/h5-10,14H,3-4,11-13H2,1-2H3,(H,22,23). The molecule has 1 amide bonds. The van der Waals surface area contributed by atoms with Gasteiger partial charge in [-0.05, 0) is 48.9 Å². The lowest BCUT2D eigenvalue weighted by Gasteiger charge is -2.12. The SMILES string of the molecule is CCCCOc1ccc(Br)cc1C(=O)Nc1ccc(OCCOC)cc1. The van der Waals surface area contributed by atoms with Gasteiger partial charge in [0.05, 0.1) is 18.8 Å². The Morgan fingerprint density at radius 1 is 1.04 bits per heavy atom. The third-order valence-electron chi connectivity index (χ3n) is 3.61. The van der Waals surface area contributed by atoms with Gasteiger partial charge in [0.2, 0.25) is 0 Å². The summed E-state index contributed by atoms with van der Waals surface area (Å²) >= 11 is 3.41. The highest BCUT2D eigenvalue weighted by atomic mass is 79.9. The Bertz CT molecular complexity index is 703. The first-order valence-corrected chi connectivity index (χ1v) is 9.39. The van der Waals surface area contributed by atoms with E-state index in [1.165, 1.54) is 0 Å². The molecule has 26 heavy (non-hydrogen) atoms. The van der Waals surface area contributed by atoms with E-state index in [1.54, 1.807) is 31.4 Å². The molecule has 0 saturated carbocycles. The number of carbonyl (C=O) groups is 1. The number of anilines is 1. The molecule has 0 aliphatic rings. The largest absolute Gasteiger partial charge is 0.493 e. The van der Waals surface area contributed by atoms with Crippen molar-refractivity contribution in [2.45, 2.75) is 19.8 Å². The summed E-state index contributed by atoms with van der Waals surface area (Å²) in [7, 11) is 1.63. The van der Waals surface area contributed by atoms with Crippen molar-refractivity contribution in [3.63, 3.8) is 0 Å². The van der Waals surface area contributed by atoms with Crippen molar-refractivity contribution in [3.8, 4) is 11.5 Å². The van der Waals surface area contributed by atoms with Crippen molar-refractivity contribution in [2.75, 3.05) is 32.2 Å². The second-order valence-corrected chi connectivity index (χ2v) is 6.58. The van der Waals surface area contributed by atoms with Crippen LogP contribution in [0.1, 0.15) is 30.1 Å². The monoisotopic (exact) mass is 421 g/mol. The summed E-state index contributed by atoms with van der Waals surface area (Å²) in [4.78, 5) is 12.7. The minimum atomic E-state index is -0.217. The third kappa shape index (κ3) is 6.35. The molecule has 0 atom stereocenters. The summed E-state index contributed by atoms with van der Waals surface area (Å²) in [6.45, 7) is 3.70. The topological polar surface area (TPSA) is 56.8 Å². The molecule has 0 radical (unpaired) electrons. The van der Waals surface area contributed by atoms with E-state index in [4.69, 9.17) is 14.2 Å². The molecular weight excluding hydrogens is 398 g/mol. The first-order valence-electron chi connectivity index (χ1n) is 8.59. The predicted octanol–water partition coefficient (Wildman–Crippen LogP) is 4.91. The van der Waals surface area contributed by atoms with Crippen LogP contribution in [0.2, 0.25) is 0 Å². The zero-order valence-corrected chi connectivity index (χ0v) is 16.7. The maximum absolute atomic E-state index is 12.7. The maximum Gasteiger partial charge on any atom is 0.259 e. The van der Waals surface area contributed by atoms with E-state index in [1.807, 2.05) is 18.2 Å². The van der Waals surface area contributed by atoms with E-state index in [-0.39, 0.29) is 5.91 Å². The summed E-state index contributed by atoms with van der Waals surface area (Å²) in [6, 6.07) is 12.7. The number of methoxy groups -OCH3 is 1. The Hall–Kier alpha value is -2.05. The molecule has 0 aliphatic heterocycles. The molecule has 0 spiro atoms. The summed E-state index contributed by atoms with van der Waals surface area (Å²) in [5.41, 5.74) is 1.18. The Morgan fingerprint density at radius 2 is 1.81 bits per heavy atom. The van der Waals surface area contributed by atoms with E-state index in [0.717, 1.165) is 23.1 Å². The zero-order valence-electron chi connectivity index (χ0n) is 15.1. The van der Waals surface area contributed by atoms with E-state index in [9.17, 15) is 4.79 Å². The van der Waals surface area contributed by atoms with E-state index in [2.05, 4.69) is 28.2 Å². The molecule has 0 fully saturated rings. The van der Waals surface area contributed by atoms with Crippen LogP contribution in [0, 0.1) is 0 Å². The van der Waals surface area contributed by atoms with Gasteiger partial charge >= 0.3 is 0 Å². The van der Waals surface area contributed by atoms with Gasteiger partial charge < -0.3 is 19.5 Å². The van der Waals surface area contributed by atoms with Crippen LogP contribution in [-0.2, 0) is 4.74 Å². The lowest BCUT2D eigenvalue weighted by molar-refractivity contribution is 0.102. The minimum absolute atomic E-state index is 0.217. The number of rotatable bonds is 10. The van der Waals surface area contributed by atoms with Crippen LogP contribution in [0.15, 0.2) is 46.9 Å². The average Bonchev–Trinajstić information content (AvgIpc) is 2.64. The molecule has 2 rings (SSSR count). The zero-order chi connectivity index (χ0) is 18.8. The van der Waals surface area contributed by atoms with E-state index >= 15 is 0 Å². The van der Waals surface area contributed by atoms with Gasteiger partial charge in [0.15, 0.2) is 0 Å². The molecule has 2 aromatic carbocycles. The normalized spacial score (nSPS) is 10.4. The number of halogens is 1. The molecular formula is C20H24BrNO4. The smallest absolute Gasteiger partial charge is 0.259 e. The van der Waals surface area contributed by atoms with E-state index < -0.39 is 0 Å². The van der Waals surface area contributed by atoms with Crippen molar-refractivity contribution in [1.82, 2.24) is 0 Å². The number of unbranched alkanes of at least 4 members (excludes halogenated alkanes) is 1. The summed E-state index contributed by atoms with van der Waals surface area (Å²) in [6.07, 6.45) is 1.98. The Balaban J connectivity index is 2.03. The fourth-order valence-electron chi connectivity index (χ4n) is 2.21. The van der Waals surface area contributed by atoms with Gasteiger partial charge in [0.25, 0.3) is 5.91 Å². The number of hydrogen-bond donors (Lipinski definition) is 1. The van der Waals surface area contributed by atoms with Gasteiger partial charge in [-0.3, -0.25) is 4.79 Å². The molecule has 140 valence electrons. The van der Waals surface area contributed by atoms with Crippen molar-refractivity contribution in [2.24, 2.45) is 0 Å². The Morgan fingerprint density at radius 3 is 2.50 bits per heavy atom. The van der Waals surface area contributed by atoms with Gasteiger partial charge in [-0.25, -0.2) is 0 Å². The predicted molar refractivity (Wildman–Crippen MR) is 106 cm³/mol. The van der Waals surface area contributed by atoms with Gasteiger partial charge in [0, 0.05) is 17.3 Å². The first kappa shape index (κ1) is 20.3. The highest BCUT2D eigenvalue weighted by Crippen LogP contribution is 2.25. The molecule has 0 aliphatic carbocycles. The number of ether oxygens (including phenoxy) is 3. The van der Waals surface area contributed by atoms with Crippen molar-refractivity contribution >= 4 is 27.5 Å². The molecule has 0 saturated heterocycles. The van der Waals surface area contributed by atoms with Gasteiger partial charge in [-0.1, -0.05) is 29.3 Å². The van der Waals surface area contributed by atoms with Crippen LogP contribution in [0.25, 0.3) is 0 Å². The van der Waals surface area contributed by atoms with Crippen LogP contribution in [-0.4, -0.2) is 32.8 Å². The molecule has 6 heteroatoms. The van der Waals surface area contributed by atoms with Crippen LogP contribution in [0.5, 0.6) is 11.5 Å². The summed E-state index contributed by atoms with van der Waals surface area (Å²) in [5.74, 6) is 1.09. The van der Waals surface area contributed by atoms with Gasteiger partial charge in [0.1, 0.15) is 18.1 Å². The highest BCUT2D eigenvalue weighted by Gasteiger charge is 2.14. The van der Waals surface area contributed by atoms with Crippen LogP contribution >= 0.6 is 15.9 Å². The number of carbonyl (C=O) groups excluding carboxylic acids is 1. The van der Waals surface area contributed by atoms with Crippen LogP contribution in [0.3, 0.4) is 0 Å². The fraction of sp³-hybridized carbons (Fsp3) is 0.350. The summed E-state index contributed by atoms with van der Waals surface area (Å²) in [5, 5.41) is 2.89. The number of hydrogen-bond acceptors (Lipinski definition) is 4. The molecule has 0 bridgehead atoms. The molecule has 5 nitrogen and oxygen atoms in total. The lowest BCUT2D eigenvalue weighted by atomic mass is 10.1. The highest BCUT2D eigenvalue weighted by molar-refractivity contribution is 9.10. The van der Waals surface area contributed by atoms with Crippen molar-refractivity contribution in [3.05, 3.63) is 52.5 Å². The second kappa shape index (κ2) is 10.8. The fourth-order valence-corrected chi connectivity index (χ4v) is 2.57. The second-order valence-electron chi connectivity index (χ2n) is 5.66. The number of nitrogens with one attached hydrogen (secondary N) is 1. The Labute approximate surface area is 162 Å². The first-order chi connectivity index (χ1) is 12.6. The van der Waals surface area contributed by atoms with E-state index in [0.29, 0.717) is 36.8 Å². The third-order valence-corrected chi connectivity index (χ3v) is 4.10. The van der Waals surface area contributed by atoms with Crippen molar-refractivity contribution < 1.29 is 19.0 Å². The average molecular weight is 422 g/mol. The lowest BCUT2D eigenvalue weighted by Crippen LogP contribution is -2.14. The number of amides is 1. The van der Waals surface area contributed by atoms with Gasteiger partial charge in [-0.15, -0.1) is 0 Å². The van der Waals surface area contributed by atoms with Gasteiger partial charge in [-0.2, -0.15) is 0 Å². The molecule has 0 heterocycles. The molecule has 0 unspecified atom stereocenters. The quantitative estimate of drug-likeness (QED) is 0.553. The maximum atomic E-state index is 12.7. The van der Waals surface area contributed by atoms with Crippen molar-refractivity contribution in [1.29, 1.82) is 0 Å². The Kier molecular flexibility index (Phi) is 8.44. The minimum Gasteiger partial charge on any atom is -0.493 e. The molecule has 0 aromatic heterocycles. The van der Waals surface area contributed by atoms with Crippen LogP contribution in [0.4, 0.5) is 5.69 Å². The van der Waals surface area contributed by atoms with Crippen LogP contribution < -0.4 is 14.8 Å². The summed E-state index contributed by atoms with van der Waals surface area (Å²) < 4.78 is 17.0.